The lowest BCUT2D eigenvalue weighted by molar-refractivity contribution is -0.147. The van der Waals surface area contributed by atoms with Gasteiger partial charge in [-0.05, 0) is 12.5 Å². The first kappa shape index (κ1) is 13.9. The van der Waals surface area contributed by atoms with Crippen LogP contribution in [0.1, 0.15) is 6.42 Å². The second-order valence-electron chi connectivity index (χ2n) is 3.95. The molecule has 9 heteroatoms. The van der Waals surface area contributed by atoms with Gasteiger partial charge in [-0.1, -0.05) is 0 Å². The van der Waals surface area contributed by atoms with Gasteiger partial charge in [-0.2, -0.15) is 8.42 Å². The zero-order valence-corrected chi connectivity index (χ0v) is 9.76. The van der Waals surface area contributed by atoms with E-state index in [9.17, 15) is 18.0 Å². The van der Waals surface area contributed by atoms with Gasteiger partial charge < -0.3 is 15.7 Å². The van der Waals surface area contributed by atoms with E-state index in [4.69, 9.17) is 15.4 Å². The molecule has 0 radical (unpaired) electrons. The first-order chi connectivity index (χ1) is 7.74. The highest BCUT2D eigenvalue weighted by Crippen LogP contribution is 2.20. The number of nitrogens with zero attached hydrogens (tertiary/aromatic N) is 1. The van der Waals surface area contributed by atoms with Gasteiger partial charge in [0.25, 0.3) is 10.1 Å². The van der Waals surface area contributed by atoms with Crippen molar-refractivity contribution in [3.63, 3.8) is 0 Å². The molecule has 17 heavy (non-hydrogen) atoms. The number of carboxylic acid groups (broad SMARTS) is 1. The van der Waals surface area contributed by atoms with E-state index >= 15 is 0 Å². The van der Waals surface area contributed by atoms with Gasteiger partial charge in [-0.15, -0.1) is 0 Å². The molecule has 1 aliphatic heterocycles. The Morgan fingerprint density at radius 3 is 2.53 bits per heavy atom. The summed E-state index contributed by atoms with van der Waals surface area (Å²) < 4.78 is 30.0. The quantitative estimate of drug-likeness (QED) is 0.496. The SMILES string of the molecule is NCC1CC(=O)N(C(CS(=O)(=O)O)C(=O)O)C1. The van der Waals surface area contributed by atoms with Crippen molar-refractivity contribution in [3.05, 3.63) is 0 Å². The van der Waals surface area contributed by atoms with Crippen LogP contribution in [0, 0.1) is 5.92 Å². The molecule has 0 saturated carbocycles. The number of nitrogens with two attached hydrogens (primary N) is 1. The maximum absolute atomic E-state index is 11.5. The van der Waals surface area contributed by atoms with Crippen molar-refractivity contribution in [2.24, 2.45) is 11.7 Å². The Morgan fingerprint density at radius 1 is 1.59 bits per heavy atom. The number of carbonyl (C=O) groups is 2. The minimum Gasteiger partial charge on any atom is -0.480 e. The normalized spacial score (nSPS) is 22.8. The number of hydrogen-bond donors (Lipinski definition) is 3. The van der Waals surface area contributed by atoms with Crippen LogP contribution in [0.5, 0.6) is 0 Å². The molecule has 1 rings (SSSR count). The van der Waals surface area contributed by atoms with Crippen LogP contribution in [0.4, 0.5) is 0 Å². The number of carbonyl (C=O) groups excluding carboxylic acids is 1. The third-order valence-corrected chi connectivity index (χ3v) is 3.34. The molecular formula is C8H14N2O6S. The van der Waals surface area contributed by atoms with Crippen molar-refractivity contribution >= 4 is 22.0 Å². The minimum absolute atomic E-state index is 0.0990. The molecule has 0 aromatic carbocycles. The molecular weight excluding hydrogens is 252 g/mol. The van der Waals surface area contributed by atoms with E-state index in [2.05, 4.69) is 0 Å². The van der Waals surface area contributed by atoms with Crippen LogP contribution in [-0.4, -0.2) is 59.7 Å². The summed E-state index contributed by atoms with van der Waals surface area (Å²) in [6.45, 7) is 0.322. The van der Waals surface area contributed by atoms with Crippen molar-refractivity contribution in [2.75, 3.05) is 18.8 Å². The molecule has 0 spiro atoms. The van der Waals surface area contributed by atoms with Crippen LogP contribution >= 0.6 is 0 Å². The lowest BCUT2D eigenvalue weighted by atomic mass is 10.1. The standard InChI is InChI=1S/C8H14N2O6S/c9-2-5-1-7(11)10(3-5)6(8(12)13)4-17(14,15)16/h5-6H,1-4,9H2,(H,12,13)(H,14,15,16). The summed E-state index contributed by atoms with van der Waals surface area (Å²) >= 11 is 0. The van der Waals surface area contributed by atoms with Crippen molar-refractivity contribution in [2.45, 2.75) is 12.5 Å². The van der Waals surface area contributed by atoms with E-state index in [0.717, 1.165) is 4.90 Å². The first-order valence-electron chi connectivity index (χ1n) is 4.92. The van der Waals surface area contributed by atoms with Crippen molar-refractivity contribution < 1.29 is 27.7 Å². The topological polar surface area (TPSA) is 138 Å². The summed E-state index contributed by atoms with van der Waals surface area (Å²) in [6.07, 6.45) is 0.103. The molecule has 2 unspecified atom stereocenters. The van der Waals surface area contributed by atoms with E-state index in [1.54, 1.807) is 0 Å². The maximum Gasteiger partial charge on any atom is 0.327 e. The number of amides is 1. The summed E-state index contributed by atoms with van der Waals surface area (Å²) in [6, 6.07) is -1.56. The second kappa shape index (κ2) is 4.98. The third-order valence-electron chi connectivity index (χ3n) is 2.60. The molecule has 0 bridgehead atoms. The fourth-order valence-corrected chi connectivity index (χ4v) is 2.48. The predicted octanol–water partition coefficient (Wildman–Crippen LogP) is -1.87. The molecule has 1 fully saturated rings. The monoisotopic (exact) mass is 266 g/mol. The van der Waals surface area contributed by atoms with Gasteiger partial charge in [0, 0.05) is 13.0 Å². The molecule has 1 amide bonds. The fraction of sp³-hybridized carbons (Fsp3) is 0.750. The van der Waals surface area contributed by atoms with Gasteiger partial charge in [0.1, 0.15) is 11.8 Å². The average Bonchev–Trinajstić information content (AvgIpc) is 2.54. The maximum atomic E-state index is 11.5. The summed E-state index contributed by atoms with van der Waals surface area (Å²) in [5.74, 6) is -3.11. The molecule has 1 saturated heterocycles. The highest BCUT2D eigenvalue weighted by molar-refractivity contribution is 7.85. The van der Waals surface area contributed by atoms with Crippen LogP contribution in [0.2, 0.25) is 0 Å². The van der Waals surface area contributed by atoms with Crippen LogP contribution in [0.3, 0.4) is 0 Å². The molecule has 2 atom stereocenters. The Hall–Kier alpha value is -1.19. The minimum atomic E-state index is -4.46. The Labute approximate surface area is 98.1 Å². The van der Waals surface area contributed by atoms with Crippen LogP contribution in [-0.2, 0) is 19.7 Å². The number of aliphatic carboxylic acids is 1. The molecule has 0 aromatic heterocycles. The number of hydrogen-bond acceptors (Lipinski definition) is 5. The van der Waals surface area contributed by atoms with Gasteiger partial charge >= 0.3 is 5.97 Å². The van der Waals surface area contributed by atoms with Crippen LogP contribution in [0.15, 0.2) is 0 Å². The lowest BCUT2D eigenvalue weighted by Crippen LogP contribution is -2.46. The highest BCUT2D eigenvalue weighted by atomic mass is 32.2. The highest BCUT2D eigenvalue weighted by Gasteiger charge is 2.39. The summed E-state index contributed by atoms with van der Waals surface area (Å²) in [4.78, 5) is 23.3. The van der Waals surface area contributed by atoms with Gasteiger partial charge in [0.15, 0.2) is 0 Å². The second-order valence-corrected chi connectivity index (χ2v) is 5.45. The molecule has 0 aliphatic carbocycles. The van der Waals surface area contributed by atoms with Gasteiger partial charge in [0.2, 0.25) is 5.91 Å². The fourth-order valence-electron chi connectivity index (χ4n) is 1.76. The van der Waals surface area contributed by atoms with E-state index in [0.29, 0.717) is 0 Å². The van der Waals surface area contributed by atoms with Crippen LogP contribution < -0.4 is 5.73 Å². The van der Waals surface area contributed by atoms with E-state index in [1.165, 1.54) is 0 Å². The number of rotatable bonds is 5. The number of likely N-dealkylation sites (tertiary alicyclic amines) is 1. The zero-order chi connectivity index (χ0) is 13.2. The Balaban J connectivity index is 2.86. The molecule has 98 valence electrons. The van der Waals surface area contributed by atoms with Crippen molar-refractivity contribution in [1.82, 2.24) is 4.90 Å². The Kier molecular flexibility index (Phi) is 4.07. The smallest absolute Gasteiger partial charge is 0.327 e. The molecule has 4 N–H and O–H groups in total. The zero-order valence-electron chi connectivity index (χ0n) is 8.94. The van der Waals surface area contributed by atoms with E-state index < -0.39 is 33.8 Å². The number of carboxylic acids is 1. The predicted molar refractivity (Wildman–Crippen MR) is 56.7 cm³/mol. The van der Waals surface area contributed by atoms with Gasteiger partial charge in [-0.25, -0.2) is 4.79 Å². The largest absolute Gasteiger partial charge is 0.480 e. The van der Waals surface area contributed by atoms with Crippen molar-refractivity contribution in [1.29, 1.82) is 0 Å². The van der Waals surface area contributed by atoms with Crippen LogP contribution in [0.25, 0.3) is 0 Å². The van der Waals surface area contributed by atoms with Crippen molar-refractivity contribution in [3.8, 4) is 0 Å². The van der Waals surface area contributed by atoms with Gasteiger partial charge in [-0.3, -0.25) is 9.35 Å². The van der Waals surface area contributed by atoms with E-state index in [1.807, 2.05) is 0 Å². The summed E-state index contributed by atoms with van der Waals surface area (Å²) in [7, 11) is -4.46. The lowest BCUT2D eigenvalue weighted by Gasteiger charge is -2.23. The summed E-state index contributed by atoms with van der Waals surface area (Å²) in [5.41, 5.74) is 5.37. The Bertz CT molecular complexity index is 420. The average molecular weight is 266 g/mol. The summed E-state index contributed by atoms with van der Waals surface area (Å²) in [5, 5.41) is 8.87. The molecule has 0 aromatic rings. The van der Waals surface area contributed by atoms with Gasteiger partial charge in [0.05, 0.1) is 0 Å². The van der Waals surface area contributed by atoms with E-state index in [-0.39, 0.29) is 25.4 Å². The molecule has 1 aliphatic rings. The third kappa shape index (κ3) is 3.65. The Morgan fingerprint density at radius 2 is 2.18 bits per heavy atom. The first-order valence-corrected chi connectivity index (χ1v) is 6.53. The molecule has 1 heterocycles. The molecule has 8 nitrogen and oxygen atoms in total.